The van der Waals surface area contributed by atoms with Gasteiger partial charge in [-0.2, -0.15) is 0 Å². The third kappa shape index (κ3) is 2.82. The summed E-state index contributed by atoms with van der Waals surface area (Å²) in [6.07, 6.45) is 3.81. The molecule has 1 rings (SSSR count). The lowest BCUT2D eigenvalue weighted by atomic mass is 10.3. The van der Waals surface area contributed by atoms with Gasteiger partial charge in [-0.05, 0) is 20.9 Å². The smallest absolute Gasteiger partial charge is 0.0951 e. The van der Waals surface area contributed by atoms with Gasteiger partial charge in [0, 0.05) is 31.9 Å². The first-order valence-electron chi connectivity index (χ1n) is 5.04. The predicted molar refractivity (Wildman–Crippen MR) is 58.0 cm³/mol. The first-order valence-corrected chi connectivity index (χ1v) is 5.04. The third-order valence-electron chi connectivity index (χ3n) is 2.25. The minimum atomic E-state index is 0.471. The Morgan fingerprint density at radius 1 is 1.57 bits per heavy atom. The van der Waals surface area contributed by atoms with Crippen molar-refractivity contribution >= 4 is 0 Å². The van der Waals surface area contributed by atoms with Gasteiger partial charge >= 0.3 is 0 Å². The molecule has 0 amide bonds. The van der Waals surface area contributed by atoms with Crippen molar-refractivity contribution in [3.63, 3.8) is 0 Å². The molecular weight excluding hydrogens is 176 g/mol. The molecular formula is C10H20N4. The van der Waals surface area contributed by atoms with Crippen molar-refractivity contribution in [2.75, 3.05) is 20.1 Å². The summed E-state index contributed by atoms with van der Waals surface area (Å²) in [5, 5.41) is 0. The highest BCUT2D eigenvalue weighted by molar-refractivity contribution is 4.99. The van der Waals surface area contributed by atoms with Crippen LogP contribution in [0.5, 0.6) is 0 Å². The molecule has 0 aliphatic heterocycles. The molecule has 0 bridgehead atoms. The second kappa shape index (κ2) is 5.12. The lowest BCUT2D eigenvalue weighted by Gasteiger charge is -2.18. The quantitative estimate of drug-likeness (QED) is 0.759. The second-order valence-electron chi connectivity index (χ2n) is 3.91. The van der Waals surface area contributed by atoms with Crippen LogP contribution in [0.25, 0.3) is 0 Å². The minimum absolute atomic E-state index is 0.471. The molecule has 4 nitrogen and oxygen atoms in total. The average molecular weight is 196 g/mol. The Kier molecular flexibility index (Phi) is 4.10. The number of hydrogen-bond donors (Lipinski definition) is 1. The van der Waals surface area contributed by atoms with Crippen molar-refractivity contribution in [2.24, 2.45) is 5.73 Å². The molecule has 2 N–H and O–H groups in total. The van der Waals surface area contributed by atoms with E-state index in [2.05, 4.69) is 35.3 Å². The van der Waals surface area contributed by atoms with Crippen LogP contribution in [0.2, 0.25) is 0 Å². The van der Waals surface area contributed by atoms with Crippen molar-refractivity contribution in [1.29, 1.82) is 0 Å². The molecule has 1 aromatic rings. The van der Waals surface area contributed by atoms with E-state index in [0.29, 0.717) is 12.6 Å². The molecule has 14 heavy (non-hydrogen) atoms. The minimum Gasteiger partial charge on any atom is -0.331 e. The largest absolute Gasteiger partial charge is 0.331 e. The van der Waals surface area contributed by atoms with Gasteiger partial charge in [0.15, 0.2) is 0 Å². The molecule has 0 saturated heterocycles. The van der Waals surface area contributed by atoms with Gasteiger partial charge < -0.3 is 10.3 Å². The number of nitrogens with zero attached hydrogens (tertiary/aromatic N) is 3. The highest BCUT2D eigenvalue weighted by Gasteiger charge is 2.07. The van der Waals surface area contributed by atoms with Crippen LogP contribution in [0.15, 0.2) is 12.5 Å². The van der Waals surface area contributed by atoms with E-state index in [4.69, 9.17) is 5.73 Å². The molecule has 1 aromatic heterocycles. The number of hydrogen-bond acceptors (Lipinski definition) is 3. The molecule has 0 fully saturated rings. The summed E-state index contributed by atoms with van der Waals surface area (Å²) >= 11 is 0. The number of rotatable bonds is 5. The number of nitrogens with two attached hydrogens (primary N) is 1. The highest BCUT2D eigenvalue weighted by Crippen LogP contribution is 2.10. The monoisotopic (exact) mass is 196 g/mol. The fourth-order valence-corrected chi connectivity index (χ4v) is 1.50. The Balaban J connectivity index is 2.61. The van der Waals surface area contributed by atoms with Gasteiger partial charge in [-0.1, -0.05) is 0 Å². The van der Waals surface area contributed by atoms with Crippen molar-refractivity contribution < 1.29 is 0 Å². The van der Waals surface area contributed by atoms with E-state index in [1.165, 1.54) is 5.69 Å². The third-order valence-corrected chi connectivity index (χ3v) is 2.25. The fraction of sp³-hybridized carbons (Fsp3) is 0.700. The van der Waals surface area contributed by atoms with Crippen LogP contribution in [0.1, 0.15) is 25.6 Å². The van der Waals surface area contributed by atoms with Crippen molar-refractivity contribution in [2.45, 2.75) is 26.4 Å². The zero-order valence-corrected chi connectivity index (χ0v) is 9.27. The topological polar surface area (TPSA) is 47.1 Å². The standard InChI is InChI=1S/C10H20N4/c1-9(2)14-8-12-6-10(14)7-13(3)5-4-11/h6,8-9H,4-5,7,11H2,1-3H3. The summed E-state index contributed by atoms with van der Waals surface area (Å²) in [6, 6.07) is 0.471. The van der Waals surface area contributed by atoms with Crippen molar-refractivity contribution in [1.82, 2.24) is 14.5 Å². The molecule has 0 atom stereocenters. The normalized spacial score (nSPS) is 11.6. The van der Waals surface area contributed by atoms with Crippen LogP contribution in [-0.4, -0.2) is 34.6 Å². The summed E-state index contributed by atoms with van der Waals surface area (Å²) in [4.78, 5) is 6.37. The maximum Gasteiger partial charge on any atom is 0.0951 e. The van der Waals surface area contributed by atoms with Gasteiger partial charge in [-0.3, -0.25) is 4.90 Å². The zero-order valence-electron chi connectivity index (χ0n) is 9.27. The van der Waals surface area contributed by atoms with E-state index in [0.717, 1.165) is 13.1 Å². The molecule has 80 valence electrons. The second-order valence-corrected chi connectivity index (χ2v) is 3.91. The lowest BCUT2D eigenvalue weighted by Crippen LogP contribution is -2.26. The van der Waals surface area contributed by atoms with Crippen molar-refractivity contribution in [3.05, 3.63) is 18.2 Å². The van der Waals surface area contributed by atoms with Crippen LogP contribution in [0, 0.1) is 0 Å². The molecule has 0 radical (unpaired) electrons. The summed E-state index contributed by atoms with van der Waals surface area (Å²) in [5.41, 5.74) is 6.74. The van der Waals surface area contributed by atoms with E-state index in [1.54, 1.807) is 0 Å². The molecule has 0 saturated carbocycles. The zero-order chi connectivity index (χ0) is 10.6. The maximum atomic E-state index is 5.49. The van der Waals surface area contributed by atoms with Gasteiger partial charge in [0.2, 0.25) is 0 Å². The predicted octanol–water partition coefficient (Wildman–Crippen LogP) is 0.854. The Morgan fingerprint density at radius 3 is 2.86 bits per heavy atom. The van der Waals surface area contributed by atoms with Crippen LogP contribution < -0.4 is 5.73 Å². The molecule has 0 spiro atoms. The molecule has 0 aliphatic carbocycles. The SMILES string of the molecule is CC(C)n1cncc1CN(C)CCN. The molecule has 1 heterocycles. The van der Waals surface area contributed by atoms with Crippen LogP contribution in [0.4, 0.5) is 0 Å². The van der Waals surface area contributed by atoms with Gasteiger partial charge in [0.05, 0.1) is 12.0 Å². The fourth-order valence-electron chi connectivity index (χ4n) is 1.50. The van der Waals surface area contributed by atoms with Crippen LogP contribution in [0.3, 0.4) is 0 Å². The summed E-state index contributed by atoms with van der Waals surface area (Å²) in [7, 11) is 2.07. The summed E-state index contributed by atoms with van der Waals surface area (Å²) in [5.74, 6) is 0. The highest BCUT2D eigenvalue weighted by atomic mass is 15.1. The van der Waals surface area contributed by atoms with Gasteiger partial charge in [-0.25, -0.2) is 4.98 Å². The summed E-state index contributed by atoms with van der Waals surface area (Å²) in [6.45, 7) is 6.85. The van der Waals surface area contributed by atoms with Gasteiger partial charge in [0.1, 0.15) is 0 Å². The van der Waals surface area contributed by atoms with Crippen LogP contribution in [-0.2, 0) is 6.54 Å². The maximum absolute atomic E-state index is 5.49. The Bertz CT molecular complexity index is 267. The van der Waals surface area contributed by atoms with Crippen molar-refractivity contribution in [3.8, 4) is 0 Å². The van der Waals surface area contributed by atoms with E-state index >= 15 is 0 Å². The number of aromatic nitrogens is 2. The van der Waals surface area contributed by atoms with E-state index < -0.39 is 0 Å². The summed E-state index contributed by atoms with van der Waals surface area (Å²) < 4.78 is 2.19. The van der Waals surface area contributed by atoms with Gasteiger partial charge in [0.25, 0.3) is 0 Å². The van der Waals surface area contributed by atoms with Crippen LogP contribution >= 0.6 is 0 Å². The van der Waals surface area contributed by atoms with E-state index in [-0.39, 0.29) is 0 Å². The Labute approximate surface area is 85.7 Å². The Morgan fingerprint density at radius 2 is 2.29 bits per heavy atom. The Hall–Kier alpha value is -0.870. The number of likely N-dealkylation sites (N-methyl/N-ethyl adjacent to an activating group) is 1. The first kappa shape index (κ1) is 11.2. The molecule has 0 unspecified atom stereocenters. The molecule has 0 aromatic carbocycles. The first-order chi connectivity index (χ1) is 6.65. The number of imidazole rings is 1. The molecule has 0 aliphatic rings. The lowest BCUT2D eigenvalue weighted by molar-refractivity contribution is 0.323. The van der Waals surface area contributed by atoms with E-state index in [9.17, 15) is 0 Å². The molecule has 4 heteroatoms. The average Bonchev–Trinajstić information content (AvgIpc) is 2.52. The van der Waals surface area contributed by atoms with Gasteiger partial charge in [-0.15, -0.1) is 0 Å². The van der Waals surface area contributed by atoms with E-state index in [1.807, 2.05) is 12.5 Å².